The smallest absolute Gasteiger partial charge is 0.236 e. The number of hydrogen-bond acceptors (Lipinski definition) is 5. The van der Waals surface area contributed by atoms with Crippen molar-refractivity contribution in [3.63, 3.8) is 0 Å². The number of benzene rings is 1. The summed E-state index contributed by atoms with van der Waals surface area (Å²) >= 11 is 6.22. The van der Waals surface area contributed by atoms with Gasteiger partial charge in [0.15, 0.2) is 10.9 Å². The number of hydrogen-bond donors (Lipinski definition) is 1. The van der Waals surface area contributed by atoms with E-state index >= 15 is 0 Å². The van der Waals surface area contributed by atoms with Crippen LogP contribution >= 0.6 is 39.0 Å². The Hall–Kier alpha value is -1.18. The van der Waals surface area contributed by atoms with Crippen molar-refractivity contribution >= 4 is 55.9 Å². The maximum Gasteiger partial charge on any atom is 0.236 e. The molecule has 120 valence electrons. The second-order valence-corrected chi connectivity index (χ2v) is 8.25. The molecule has 1 aromatic carbocycles. The van der Waals surface area contributed by atoms with Crippen LogP contribution in [0.25, 0.3) is 0 Å². The van der Waals surface area contributed by atoms with Crippen LogP contribution in [-0.2, 0) is 11.2 Å². The van der Waals surface area contributed by atoms with E-state index in [0.29, 0.717) is 22.2 Å². The molecular weight excluding hydrogens is 396 g/mol. The van der Waals surface area contributed by atoms with E-state index in [1.807, 2.05) is 25.1 Å². The summed E-state index contributed by atoms with van der Waals surface area (Å²) in [5.41, 5.74) is 1.96. The topological polar surface area (TPSA) is 59.1 Å². The van der Waals surface area contributed by atoms with Crippen LogP contribution < -0.4 is 5.32 Å². The number of aryl methyl sites for hydroxylation is 2. The Morgan fingerprint density at radius 3 is 3.00 bits per heavy atom. The number of anilines is 1. The third kappa shape index (κ3) is 4.02. The minimum absolute atomic E-state index is 0.101. The first-order valence-electron chi connectivity index (χ1n) is 7.24. The number of ketones is 1. The number of amides is 1. The number of fused-ring (bicyclic) bond motifs is 1. The Balaban J connectivity index is 1.60. The van der Waals surface area contributed by atoms with Crippen LogP contribution in [0.3, 0.4) is 0 Å². The zero-order valence-corrected chi connectivity index (χ0v) is 15.7. The first-order valence-corrected chi connectivity index (χ1v) is 9.84. The Kier molecular flexibility index (Phi) is 5.18. The lowest BCUT2D eigenvalue weighted by Gasteiger charge is -2.06. The van der Waals surface area contributed by atoms with Crippen molar-refractivity contribution < 1.29 is 9.59 Å². The fourth-order valence-corrected chi connectivity index (χ4v) is 4.68. The van der Waals surface area contributed by atoms with Gasteiger partial charge in [-0.25, -0.2) is 4.98 Å². The summed E-state index contributed by atoms with van der Waals surface area (Å²) in [6.07, 6.45) is 2.25. The van der Waals surface area contributed by atoms with Crippen LogP contribution in [0, 0.1) is 6.92 Å². The molecule has 0 saturated carbocycles. The number of carbonyl (C=O) groups excluding carboxylic acids is 2. The van der Waals surface area contributed by atoms with Gasteiger partial charge in [-0.15, -0.1) is 11.8 Å². The van der Waals surface area contributed by atoms with Gasteiger partial charge in [0.1, 0.15) is 0 Å². The SMILES string of the molecule is Cc1cc(Br)ccc1SCC(=O)Nc1nc2c(s1)C(=O)CCC2. The number of thioether (sulfide) groups is 1. The van der Waals surface area contributed by atoms with Crippen LogP contribution in [-0.4, -0.2) is 22.4 Å². The third-order valence-electron chi connectivity index (χ3n) is 3.51. The van der Waals surface area contributed by atoms with Crippen molar-refractivity contribution in [1.29, 1.82) is 0 Å². The molecule has 0 bridgehead atoms. The number of rotatable bonds is 4. The van der Waals surface area contributed by atoms with E-state index in [2.05, 4.69) is 26.2 Å². The number of carbonyl (C=O) groups is 2. The lowest BCUT2D eigenvalue weighted by molar-refractivity contribution is -0.113. The summed E-state index contributed by atoms with van der Waals surface area (Å²) in [6.45, 7) is 2.02. The van der Waals surface area contributed by atoms with Gasteiger partial charge in [0.05, 0.1) is 16.3 Å². The number of Topliss-reactive ketones (excluding diaryl/α,β-unsaturated/α-hetero) is 1. The van der Waals surface area contributed by atoms with E-state index in [1.54, 1.807) is 0 Å². The zero-order chi connectivity index (χ0) is 16.4. The Morgan fingerprint density at radius 2 is 2.26 bits per heavy atom. The monoisotopic (exact) mass is 410 g/mol. The van der Waals surface area contributed by atoms with Gasteiger partial charge in [-0.2, -0.15) is 0 Å². The molecular formula is C16H15BrN2O2S2. The number of nitrogens with zero attached hydrogens (tertiary/aromatic N) is 1. The molecule has 0 unspecified atom stereocenters. The molecule has 1 aromatic heterocycles. The molecule has 7 heteroatoms. The van der Waals surface area contributed by atoms with Gasteiger partial charge >= 0.3 is 0 Å². The van der Waals surface area contributed by atoms with Crippen molar-refractivity contribution in [3.8, 4) is 0 Å². The van der Waals surface area contributed by atoms with Crippen molar-refractivity contribution in [2.45, 2.75) is 31.1 Å². The Labute approximate surface area is 151 Å². The molecule has 3 rings (SSSR count). The quantitative estimate of drug-likeness (QED) is 0.755. The predicted molar refractivity (Wildman–Crippen MR) is 97.6 cm³/mol. The normalized spacial score (nSPS) is 13.7. The van der Waals surface area contributed by atoms with E-state index in [0.717, 1.165) is 33.5 Å². The molecule has 1 amide bonds. The number of nitrogens with one attached hydrogen (secondary N) is 1. The van der Waals surface area contributed by atoms with Gasteiger partial charge in [0.2, 0.25) is 5.91 Å². The highest BCUT2D eigenvalue weighted by Crippen LogP contribution is 2.30. The van der Waals surface area contributed by atoms with E-state index in [9.17, 15) is 9.59 Å². The summed E-state index contributed by atoms with van der Waals surface area (Å²) in [6, 6.07) is 5.99. The van der Waals surface area contributed by atoms with Crippen LogP contribution in [0.15, 0.2) is 27.6 Å². The molecule has 1 heterocycles. The fourth-order valence-electron chi connectivity index (χ4n) is 2.40. The number of halogens is 1. The average Bonchev–Trinajstić information content (AvgIpc) is 2.90. The van der Waals surface area contributed by atoms with Gasteiger partial charge in [0.25, 0.3) is 0 Å². The van der Waals surface area contributed by atoms with Gasteiger partial charge in [-0.05, 0) is 43.5 Å². The highest BCUT2D eigenvalue weighted by atomic mass is 79.9. The highest BCUT2D eigenvalue weighted by molar-refractivity contribution is 9.10. The van der Waals surface area contributed by atoms with Crippen molar-refractivity contribution in [3.05, 3.63) is 38.8 Å². The van der Waals surface area contributed by atoms with Crippen molar-refractivity contribution in [1.82, 2.24) is 4.98 Å². The second kappa shape index (κ2) is 7.15. The Bertz CT molecular complexity index is 773. The number of thiazole rings is 1. The van der Waals surface area contributed by atoms with Gasteiger partial charge in [-0.1, -0.05) is 27.3 Å². The maximum absolute atomic E-state index is 12.1. The largest absolute Gasteiger partial charge is 0.301 e. The molecule has 1 N–H and O–H groups in total. The lowest BCUT2D eigenvalue weighted by Crippen LogP contribution is -2.14. The second-order valence-electron chi connectivity index (χ2n) is 5.32. The lowest BCUT2D eigenvalue weighted by atomic mass is 10.0. The summed E-state index contributed by atoms with van der Waals surface area (Å²) in [7, 11) is 0. The van der Waals surface area contributed by atoms with E-state index in [1.165, 1.54) is 23.1 Å². The molecule has 23 heavy (non-hydrogen) atoms. The van der Waals surface area contributed by atoms with Gasteiger partial charge < -0.3 is 5.32 Å². The summed E-state index contributed by atoms with van der Waals surface area (Å²) in [5.74, 6) is 0.362. The standard InChI is InChI=1S/C16H15BrN2O2S2/c1-9-7-10(17)5-6-13(9)22-8-14(21)19-16-18-11-3-2-4-12(20)15(11)23-16/h5-7H,2-4,8H2,1H3,(H,18,19,21). The molecule has 0 saturated heterocycles. The summed E-state index contributed by atoms with van der Waals surface area (Å²) in [5, 5.41) is 3.34. The highest BCUT2D eigenvalue weighted by Gasteiger charge is 2.22. The maximum atomic E-state index is 12.1. The third-order valence-corrected chi connectivity index (χ3v) is 6.23. The summed E-state index contributed by atoms with van der Waals surface area (Å²) < 4.78 is 1.03. The van der Waals surface area contributed by atoms with Crippen LogP contribution in [0.4, 0.5) is 5.13 Å². The molecule has 2 aromatic rings. The van der Waals surface area contributed by atoms with Crippen molar-refractivity contribution in [2.24, 2.45) is 0 Å². The minimum atomic E-state index is -0.101. The molecule has 0 aliphatic heterocycles. The fraction of sp³-hybridized carbons (Fsp3) is 0.312. The van der Waals surface area contributed by atoms with Gasteiger partial charge in [0, 0.05) is 15.8 Å². The minimum Gasteiger partial charge on any atom is -0.301 e. The average molecular weight is 411 g/mol. The van der Waals surface area contributed by atoms with Crippen molar-refractivity contribution in [2.75, 3.05) is 11.1 Å². The molecule has 1 aliphatic carbocycles. The van der Waals surface area contributed by atoms with Gasteiger partial charge in [-0.3, -0.25) is 9.59 Å². The molecule has 1 aliphatic rings. The van der Waals surface area contributed by atoms with Crippen LogP contribution in [0.1, 0.15) is 33.8 Å². The first kappa shape index (κ1) is 16.7. The predicted octanol–water partition coefficient (Wildman–Crippen LogP) is 4.46. The molecule has 0 fully saturated rings. The Morgan fingerprint density at radius 1 is 1.43 bits per heavy atom. The summed E-state index contributed by atoms with van der Waals surface area (Å²) in [4.78, 5) is 30.1. The molecule has 0 radical (unpaired) electrons. The van der Waals surface area contributed by atoms with Crippen LogP contribution in [0.2, 0.25) is 0 Å². The molecule has 4 nitrogen and oxygen atoms in total. The van der Waals surface area contributed by atoms with E-state index in [-0.39, 0.29) is 11.7 Å². The van der Waals surface area contributed by atoms with E-state index in [4.69, 9.17) is 0 Å². The molecule has 0 atom stereocenters. The zero-order valence-electron chi connectivity index (χ0n) is 12.5. The number of aromatic nitrogens is 1. The first-order chi connectivity index (χ1) is 11.0. The van der Waals surface area contributed by atoms with E-state index < -0.39 is 0 Å². The van der Waals surface area contributed by atoms with Crippen LogP contribution in [0.5, 0.6) is 0 Å². The molecule has 0 spiro atoms.